The highest BCUT2D eigenvalue weighted by Gasteiger charge is 2.17. The summed E-state index contributed by atoms with van der Waals surface area (Å²) < 4.78 is 0. The normalized spacial score (nSPS) is 10.6. The molecule has 5 heteroatoms. The summed E-state index contributed by atoms with van der Waals surface area (Å²) in [6.07, 6.45) is 0. The number of hydrogen-bond donors (Lipinski definition) is 3. The molecule has 4 nitrogen and oxygen atoms in total. The maximum Gasteiger partial charge on any atom is 0.339 e. The number of H-pyrrole nitrogens is 1. The van der Waals surface area contributed by atoms with Gasteiger partial charge in [0.25, 0.3) is 0 Å². The second-order valence-electron chi connectivity index (χ2n) is 2.82. The van der Waals surface area contributed by atoms with Crippen LogP contribution in [0, 0.1) is 0 Å². The number of nitrogens with one attached hydrogen (secondary N) is 1. The maximum atomic E-state index is 10.8. The second-order valence-corrected chi connectivity index (χ2v) is 3.20. The van der Waals surface area contributed by atoms with Crippen molar-refractivity contribution in [1.29, 1.82) is 0 Å². The summed E-state index contributed by atoms with van der Waals surface area (Å²) >= 11 is 5.69. The van der Waals surface area contributed by atoms with E-state index in [1.807, 2.05) is 0 Å². The van der Waals surface area contributed by atoms with Crippen LogP contribution < -0.4 is 0 Å². The number of aromatic hydroxyl groups is 1. The molecule has 72 valence electrons. The van der Waals surface area contributed by atoms with Crippen LogP contribution in [0.25, 0.3) is 10.9 Å². The van der Waals surface area contributed by atoms with Crippen LogP contribution in [0.3, 0.4) is 0 Å². The van der Waals surface area contributed by atoms with Gasteiger partial charge < -0.3 is 15.2 Å². The highest BCUT2D eigenvalue weighted by molar-refractivity contribution is 6.34. The van der Waals surface area contributed by atoms with Gasteiger partial charge in [0, 0.05) is 5.39 Å². The third kappa shape index (κ3) is 1.12. The highest BCUT2D eigenvalue weighted by Crippen LogP contribution is 2.31. The van der Waals surface area contributed by atoms with E-state index in [0.717, 1.165) is 0 Å². The van der Waals surface area contributed by atoms with E-state index in [2.05, 4.69) is 4.98 Å². The van der Waals surface area contributed by atoms with Crippen molar-refractivity contribution in [2.24, 2.45) is 0 Å². The number of halogens is 1. The molecule has 0 bridgehead atoms. The number of hydrogen-bond acceptors (Lipinski definition) is 2. The van der Waals surface area contributed by atoms with Crippen molar-refractivity contribution in [3.05, 3.63) is 28.9 Å². The lowest BCUT2D eigenvalue weighted by Crippen LogP contribution is -1.94. The Morgan fingerprint density at radius 3 is 2.79 bits per heavy atom. The van der Waals surface area contributed by atoms with Crippen LogP contribution in [0.4, 0.5) is 0 Å². The van der Waals surface area contributed by atoms with E-state index in [9.17, 15) is 9.90 Å². The molecule has 3 N–H and O–H groups in total. The van der Waals surface area contributed by atoms with Crippen molar-refractivity contribution in [2.75, 3.05) is 0 Å². The zero-order chi connectivity index (χ0) is 10.3. The average molecular weight is 212 g/mol. The Morgan fingerprint density at radius 1 is 1.43 bits per heavy atom. The molecule has 0 aliphatic heterocycles. The number of aromatic nitrogens is 1. The van der Waals surface area contributed by atoms with Crippen LogP contribution in [0.15, 0.2) is 18.2 Å². The number of phenols is 1. The minimum atomic E-state index is -1.12. The van der Waals surface area contributed by atoms with E-state index in [-0.39, 0.29) is 16.5 Å². The number of para-hydroxylation sites is 1. The Balaban J connectivity index is 2.90. The molecule has 0 atom stereocenters. The van der Waals surface area contributed by atoms with E-state index < -0.39 is 5.97 Å². The van der Waals surface area contributed by atoms with Crippen LogP contribution in [-0.2, 0) is 0 Å². The molecule has 1 aromatic heterocycles. The van der Waals surface area contributed by atoms with Gasteiger partial charge in [0.2, 0.25) is 0 Å². The first-order valence-corrected chi connectivity index (χ1v) is 4.21. The lowest BCUT2D eigenvalue weighted by Gasteiger charge is -1.93. The number of aromatic carboxylic acids is 1. The Hall–Kier alpha value is -1.68. The van der Waals surface area contributed by atoms with Gasteiger partial charge in [-0.3, -0.25) is 0 Å². The van der Waals surface area contributed by atoms with Crippen molar-refractivity contribution >= 4 is 28.5 Å². The Kier molecular flexibility index (Phi) is 1.86. The van der Waals surface area contributed by atoms with Crippen LogP contribution in [-0.4, -0.2) is 21.2 Å². The summed E-state index contributed by atoms with van der Waals surface area (Å²) in [6.45, 7) is 0. The lowest BCUT2D eigenvalue weighted by molar-refractivity contribution is 0.0699. The summed E-state index contributed by atoms with van der Waals surface area (Å²) in [4.78, 5) is 13.4. The van der Waals surface area contributed by atoms with Gasteiger partial charge in [0.1, 0.15) is 16.5 Å². The summed E-state index contributed by atoms with van der Waals surface area (Å²) in [5.41, 5.74) is 0.326. The molecule has 0 radical (unpaired) electrons. The van der Waals surface area contributed by atoms with Gasteiger partial charge in [-0.05, 0) is 6.07 Å². The van der Waals surface area contributed by atoms with Crippen LogP contribution in [0.2, 0.25) is 5.15 Å². The molecule has 0 spiro atoms. The first kappa shape index (κ1) is 8.90. The third-order valence-corrected chi connectivity index (χ3v) is 2.26. The standard InChI is InChI=1S/C9H6ClNO3/c10-8-6(9(13)14)4-2-1-3-5(12)7(4)11-8/h1-3,11-12H,(H,13,14). The summed E-state index contributed by atoms with van der Waals surface area (Å²) in [5, 5.41) is 18.7. The van der Waals surface area contributed by atoms with Crippen molar-refractivity contribution < 1.29 is 15.0 Å². The second kappa shape index (κ2) is 2.92. The van der Waals surface area contributed by atoms with Crippen molar-refractivity contribution in [3.8, 4) is 5.75 Å². The molecule has 2 aromatic rings. The van der Waals surface area contributed by atoms with Crippen molar-refractivity contribution in [1.82, 2.24) is 4.98 Å². The largest absolute Gasteiger partial charge is 0.506 e. The van der Waals surface area contributed by atoms with Crippen molar-refractivity contribution in [2.45, 2.75) is 0 Å². The van der Waals surface area contributed by atoms with Gasteiger partial charge in [0.05, 0.1) is 5.52 Å². The fourth-order valence-corrected chi connectivity index (χ4v) is 1.66. The molecule has 0 amide bonds. The van der Waals surface area contributed by atoms with Crippen LogP contribution in [0.5, 0.6) is 5.75 Å². The summed E-state index contributed by atoms with van der Waals surface area (Å²) in [5.74, 6) is -1.14. The van der Waals surface area contributed by atoms with E-state index in [1.165, 1.54) is 6.07 Å². The number of carboxylic acid groups (broad SMARTS) is 1. The number of fused-ring (bicyclic) bond motifs is 1. The molecule has 0 unspecified atom stereocenters. The molecule has 0 saturated heterocycles. The Labute approximate surface area is 83.7 Å². The molecule has 1 aromatic carbocycles. The quantitative estimate of drug-likeness (QED) is 0.677. The number of carbonyl (C=O) groups is 1. The fraction of sp³-hybridized carbons (Fsp3) is 0. The lowest BCUT2D eigenvalue weighted by atomic mass is 10.2. The summed E-state index contributed by atoms with van der Waals surface area (Å²) in [7, 11) is 0. The van der Waals surface area contributed by atoms with Crippen LogP contribution >= 0.6 is 11.6 Å². The van der Waals surface area contributed by atoms with E-state index in [4.69, 9.17) is 16.7 Å². The summed E-state index contributed by atoms with van der Waals surface area (Å²) in [6, 6.07) is 4.61. The average Bonchev–Trinajstić information content (AvgIpc) is 2.42. The van der Waals surface area contributed by atoms with Gasteiger partial charge in [-0.25, -0.2) is 4.79 Å². The first-order chi connectivity index (χ1) is 6.61. The van der Waals surface area contributed by atoms with E-state index in [0.29, 0.717) is 10.9 Å². The zero-order valence-corrected chi connectivity index (χ0v) is 7.67. The number of benzene rings is 1. The van der Waals surface area contributed by atoms with Gasteiger partial charge in [-0.2, -0.15) is 0 Å². The first-order valence-electron chi connectivity index (χ1n) is 3.83. The van der Waals surface area contributed by atoms with Crippen LogP contribution in [0.1, 0.15) is 10.4 Å². The SMILES string of the molecule is O=C(O)c1c(Cl)[nH]c2c(O)cccc12. The number of rotatable bonds is 1. The molecule has 2 rings (SSSR count). The van der Waals surface area contributed by atoms with E-state index in [1.54, 1.807) is 12.1 Å². The monoisotopic (exact) mass is 211 g/mol. The maximum absolute atomic E-state index is 10.8. The van der Waals surface area contributed by atoms with Gasteiger partial charge in [-0.1, -0.05) is 23.7 Å². The molecular formula is C9H6ClNO3. The Morgan fingerprint density at radius 2 is 2.14 bits per heavy atom. The molecular weight excluding hydrogens is 206 g/mol. The number of carboxylic acids is 1. The minimum absolute atomic E-state index is 0.0161. The highest BCUT2D eigenvalue weighted by atomic mass is 35.5. The third-order valence-electron chi connectivity index (χ3n) is 1.98. The molecule has 0 saturated carbocycles. The topological polar surface area (TPSA) is 73.3 Å². The predicted molar refractivity (Wildman–Crippen MR) is 51.9 cm³/mol. The predicted octanol–water partition coefficient (Wildman–Crippen LogP) is 2.23. The Bertz CT molecular complexity index is 518. The van der Waals surface area contributed by atoms with Gasteiger partial charge in [0.15, 0.2) is 0 Å². The molecule has 0 fully saturated rings. The number of aromatic amines is 1. The molecule has 14 heavy (non-hydrogen) atoms. The molecule has 1 heterocycles. The minimum Gasteiger partial charge on any atom is -0.506 e. The molecule has 0 aliphatic rings. The number of phenolic OH excluding ortho intramolecular Hbond substituents is 1. The smallest absolute Gasteiger partial charge is 0.339 e. The van der Waals surface area contributed by atoms with Crippen molar-refractivity contribution in [3.63, 3.8) is 0 Å². The fourth-order valence-electron chi connectivity index (χ4n) is 1.38. The zero-order valence-electron chi connectivity index (χ0n) is 6.91. The van der Waals surface area contributed by atoms with Gasteiger partial charge in [-0.15, -0.1) is 0 Å². The van der Waals surface area contributed by atoms with E-state index >= 15 is 0 Å². The molecule has 0 aliphatic carbocycles. The van der Waals surface area contributed by atoms with Gasteiger partial charge >= 0.3 is 5.97 Å².